The fourth-order valence-corrected chi connectivity index (χ4v) is 2.71. The lowest BCUT2D eigenvalue weighted by Crippen LogP contribution is -2.47. The molecular formula is C13H25N3O. The highest BCUT2D eigenvalue weighted by atomic mass is 16.2. The van der Waals surface area contributed by atoms with Crippen LogP contribution in [-0.2, 0) is 4.79 Å². The van der Waals surface area contributed by atoms with E-state index in [0.717, 1.165) is 58.0 Å². The third kappa shape index (κ3) is 3.96. The van der Waals surface area contributed by atoms with Gasteiger partial charge in [0.2, 0.25) is 5.91 Å². The molecule has 0 aliphatic carbocycles. The van der Waals surface area contributed by atoms with Crippen LogP contribution in [0.25, 0.3) is 0 Å². The lowest BCUT2D eigenvalue weighted by molar-refractivity contribution is -0.133. The molecule has 2 aliphatic rings. The monoisotopic (exact) mass is 239 g/mol. The van der Waals surface area contributed by atoms with Gasteiger partial charge in [-0.25, -0.2) is 0 Å². The smallest absolute Gasteiger partial charge is 0.222 e. The first-order chi connectivity index (χ1) is 8.25. The minimum Gasteiger partial charge on any atom is -0.340 e. The SMILES string of the molecule is CN1CCN(C(=O)CCC2CCNCC2)CC1. The second-order valence-corrected chi connectivity index (χ2v) is 5.42. The molecule has 2 heterocycles. The Morgan fingerprint density at radius 3 is 2.47 bits per heavy atom. The van der Waals surface area contributed by atoms with Crippen LogP contribution in [0.3, 0.4) is 0 Å². The van der Waals surface area contributed by atoms with Gasteiger partial charge < -0.3 is 15.1 Å². The topological polar surface area (TPSA) is 35.6 Å². The van der Waals surface area contributed by atoms with Crippen LogP contribution in [0.5, 0.6) is 0 Å². The quantitative estimate of drug-likeness (QED) is 0.781. The van der Waals surface area contributed by atoms with Crippen LogP contribution in [0, 0.1) is 5.92 Å². The van der Waals surface area contributed by atoms with Crippen molar-refractivity contribution in [2.75, 3.05) is 46.3 Å². The highest BCUT2D eigenvalue weighted by Gasteiger charge is 2.20. The highest BCUT2D eigenvalue weighted by molar-refractivity contribution is 5.76. The predicted molar refractivity (Wildman–Crippen MR) is 68.9 cm³/mol. The Balaban J connectivity index is 1.66. The number of rotatable bonds is 3. The van der Waals surface area contributed by atoms with Gasteiger partial charge in [0.05, 0.1) is 0 Å². The van der Waals surface area contributed by atoms with Gasteiger partial charge >= 0.3 is 0 Å². The van der Waals surface area contributed by atoms with Crippen LogP contribution in [0.1, 0.15) is 25.7 Å². The fraction of sp³-hybridized carbons (Fsp3) is 0.923. The van der Waals surface area contributed by atoms with E-state index in [0.29, 0.717) is 5.91 Å². The number of hydrogen-bond donors (Lipinski definition) is 1. The molecule has 4 heteroatoms. The zero-order chi connectivity index (χ0) is 12.1. The van der Waals surface area contributed by atoms with Crippen LogP contribution >= 0.6 is 0 Å². The Labute approximate surface area is 104 Å². The summed E-state index contributed by atoms with van der Waals surface area (Å²) < 4.78 is 0. The van der Waals surface area contributed by atoms with Crippen molar-refractivity contribution in [1.29, 1.82) is 0 Å². The van der Waals surface area contributed by atoms with Gasteiger partial charge in [-0.3, -0.25) is 4.79 Å². The lowest BCUT2D eigenvalue weighted by atomic mass is 9.93. The van der Waals surface area contributed by atoms with E-state index in [2.05, 4.69) is 17.3 Å². The molecule has 1 amide bonds. The molecule has 1 N–H and O–H groups in total. The number of piperidine rings is 1. The molecule has 2 fully saturated rings. The van der Waals surface area contributed by atoms with Crippen molar-refractivity contribution >= 4 is 5.91 Å². The summed E-state index contributed by atoms with van der Waals surface area (Å²) in [6.07, 6.45) is 4.34. The molecule has 2 rings (SSSR count). The number of likely N-dealkylation sites (N-methyl/N-ethyl adjacent to an activating group) is 1. The summed E-state index contributed by atoms with van der Waals surface area (Å²) in [6.45, 7) is 6.15. The molecule has 2 aliphatic heterocycles. The lowest BCUT2D eigenvalue weighted by Gasteiger charge is -2.33. The van der Waals surface area contributed by atoms with E-state index in [1.54, 1.807) is 0 Å². The Kier molecular flexibility index (Phi) is 4.80. The van der Waals surface area contributed by atoms with E-state index in [-0.39, 0.29) is 0 Å². The van der Waals surface area contributed by atoms with Crippen molar-refractivity contribution in [2.45, 2.75) is 25.7 Å². The molecule has 0 radical (unpaired) electrons. The molecule has 4 nitrogen and oxygen atoms in total. The van der Waals surface area contributed by atoms with Crippen LogP contribution in [0.15, 0.2) is 0 Å². The second-order valence-electron chi connectivity index (χ2n) is 5.42. The predicted octanol–water partition coefficient (Wildman–Crippen LogP) is 0.540. The van der Waals surface area contributed by atoms with Crippen molar-refractivity contribution < 1.29 is 4.79 Å². The summed E-state index contributed by atoms with van der Waals surface area (Å²) in [6, 6.07) is 0. The summed E-state index contributed by atoms with van der Waals surface area (Å²) >= 11 is 0. The maximum Gasteiger partial charge on any atom is 0.222 e. The average molecular weight is 239 g/mol. The average Bonchev–Trinajstić information content (AvgIpc) is 2.38. The Morgan fingerprint density at radius 1 is 1.18 bits per heavy atom. The molecule has 0 unspecified atom stereocenters. The Hall–Kier alpha value is -0.610. The van der Waals surface area contributed by atoms with E-state index >= 15 is 0 Å². The van der Waals surface area contributed by atoms with E-state index in [4.69, 9.17) is 0 Å². The molecule has 0 aromatic rings. The summed E-state index contributed by atoms with van der Waals surface area (Å²) in [7, 11) is 2.12. The highest BCUT2D eigenvalue weighted by Crippen LogP contribution is 2.18. The number of nitrogens with zero attached hydrogens (tertiary/aromatic N) is 2. The maximum absolute atomic E-state index is 12.0. The molecular weight excluding hydrogens is 214 g/mol. The van der Waals surface area contributed by atoms with Crippen LogP contribution < -0.4 is 5.32 Å². The first-order valence-electron chi connectivity index (χ1n) is 6.93. The molecule has 0 aromatic heterocycles. The fourth-order valence-electron chi connectivity index (χ4n) is 2.71. The standard InChI is InChI=1S/C13H25N3O/c1-15-8-10-16(11-9-15)13(17)3-2-12-4-6-14-7-5-12/h12,14H,2-11H2,1H3. The van der Waals surface area contributed by atoms with Gasteiger partial charge in [-0.15, -0.1) is 0 Å². The van der Waals surface area contributed by atoms with Gasteiger partial charge in [-0.1, -0.05) is 0 Å². The van der Waals surface area contributed by atoms with Gasteiger partial charge in [0, 0.05) is 32.6 Å². The third-order valence-electron chi connectivity index (χ3n) is 4.08. The van der Waals surface area contributed by atoms with Gasteiger partial charge in [-0.05, 0) is 45.3 Å². The van der Waals surface area contributed by atoms with Crippen LogP contribution in [0.2, 0.25) is 0 Å². The van der Waals surface area contributed by atoms with Crippen LogP contribution in [-0.4, -0.2) is 62.0 Å². The number of nitrogens with one attached hydrogen (secondary N) is 1. The van der Waals surface area contributed by atoms with Crippen molar-refractivity contribution in [3.8, 4) is 0 Å². The Morgan fingerprint density at radius 2 is 1.82 bits per heavy atom. The number of amides is 1. The summed E-state index contributed by atoms with van der Waals surface area (Å²) in [5.41, 5.74) is 0. The first kappa shape index (κ1) is 12.8. The maximum atomic E-state index is 12.0. The number of piperazine rings is 1. The van der Waals surface area contributed by atoms with E-state index in [9.17, 15) is 4.79 Å². The normalized spacial score (nSPS) is 23.9. The molecule has 17 heavy (non-hydrogen) atoms. The molecule has 98 valence electrons. The van der Waals surface area contributed by atoms with E-state index in [1.165, 1.54) is 12.8 Å². The van der Waals surface area contributed by atoms with Gasteiger partial charge in [-0.2, -0.15) is 0 Å². The largest absolute Gasteiger partial charge is 0.340 e. The number of carbonyl (C=O) groups excluding carboxylic acids is 1. The first-order valence-corrected chi connectivity index (χ1v) is 6.93. The van der Waals surface area contributed by atoms with Gasteiger partial charge in [0.25, 0.3) is 0 Å². The summed E-state index contributed by atoms with van der Waals surface area (Å²) in [5, 5.41) is 3.37. The zero-order valence-electron chi connectivity index (χ0n) is 11.0. The molecule has 0 bridgehead atoms. The summed E-state index contributed by atoms with van der Waals surface area (Å²) in [4.78, 5) is 16.4. The van der Waals surface area contributed by atoms with Crippen molar-refractivity contribution in [2.24, 2.45) is 5.92 Å². The number of hydrogen-bond acceptors (Lipinski definition) is 3. The molecule has 0 aromatic carbocycles. The molecule has 0 atom stereocenters. The van der Waals surface area contributed by atoms with E-state index in [1.807, 2.05) is 4.90 Å². The second kappa shape index (κ2) is 6.36. The molecule has 2 saturated heterocycles. The molecule has 0 saturated carbocycles. The minimum atomic E-state index is 0.372. The third-order valence-corrected chi connectivity index (χ3v) is 4.08. The zero-order valence-corrected chi connectivity index (χ0v) is 11.0. The number of carbonyl (C=O) groups is 1. The van der Waals surface area contributed by atoms with Crippen molar-refractivity contribution in [1.82, 2.24) is 15.1 Å². The minimum absolute atomic E-state index is 0.372. The van der Waals surface area contributed by atoms with E-state index < -0.39 is 0 Å². The van der Waals surface area contributed by atoms with Crippen molar-refractivity contribution in [3.63, 3.8) is 0 Å². The van der Waals surface area contributed by atoms with Gasteiger partial charge in [0.1, 0.15) is 0 Å². The van der Waals surface area contributed by atoms with Crippen molar-refractivity contribution in [3.05, 3.63) is 0 Å². The van der Waals surface area contributed by atoms with Gasteiger partial charge in [0.15, 0.2) is 0 Å². The Bertz CT molecular complexity index is 243. The molecule has 0 spiro atoms. The van der Waals surface area contributed by atoms with Crippen LogP contribution in [0.4, 0.5) is 0 Å². The summed E-state index contributed by atoms with van der Waals surface area (Å²) in [5.74, 6) is 1.14.